The number of aliphatic hydroxyl groups excluding tert-OH is 1. The molecule has 90 valence electrons. The van der Waals surface area contributed by atoms with Crippen molar-refractivity contribution in [1.29, 1.82) is 0 Å². The van der Waals surface area contributed by atoms with Gasteiger partial charge in [0.1, 0.15) is 5.82 Å². The van der Waals surface area contributed by atoms with E-state index in [4.69, 9.17) is 0 Å². The van der Waals surface area contributed by atoms with Crippen molar-refractivity contribution in [3.8, 4) is 0 Å². The van der Waals surface area contributed by atoms with Gasteiger partial charge >= 0.3 is 0 Å². The van der Waals surface area contributed by atoms with Gasteiger partial charge in [0.25, 0.3) is 0 Å². The molecule has 0 aliphatic rings. The molecule has 1 unspecified atom stereocenters. The summed E-state index contributed by atoms with van der Waals surface area (Å²) < 4.78 is 13.1. The van der Waals surface area contributed by atoms with Crippen LogP contribution in [0.5, 0.6) is 0 Å². The number of benzene rings is 1. The Kier molecular flexibility index (Phi) is 5.47. The summed E-state index contributed by atoms with van der Waals surface area (Å²) in [7, 11) is 0. The maximum Gasteiger partial charge on any atom is 0.123 e. The van der Waals surface area contributed by atoms with Crippen LogP contribution in [0.25, 0.3) is 0 Å². The van der Waals surface area contributed by atoms with Gasteiger partial charge in [-0.3, -0.25) is 0 Å². The molecule has 0 fully saturated rings. The first-order valence-electron chi connectivity index (χ1n) is 6.07. The third-order valence-electron chi connectivity index (χ3n) is 3.31. The Morgan fingerprint density at radius 2 is 1.94 bits per heavy atom. The number of rotatable bonds is 6. The van der Waals surface area contributed by atoms with Crippen molar-refractivity contribution < 1.29 is 9.50 Å². The molecule has 0 aromatic heterocycles. The molecule has 0 saturated heterocycles. The van der Waals surface area contributed by atoms with Crippen LogP contribution >= 0.6 is 0 Å². The summed E-state index contributed by atoms with van der Waals surface area (Å²) in [5, 5.41) is 9.39. The van der Waals surface area contributed by atoms with Gasteiger partial charge in [-0.25, -0.2) is 4.39 Å². The first-order chi connectivity index (χ1) is 7.71. The van der Waals surface area contributed by atoms with E-state index in [1.54, 1.807) is 6.07 Å². The highest BCUT2D eigenvalue weighted by Gasteiger charge is 2.15. The molecule has 1 aromatic carbocycles. The molecule has 0 bridgehead atoms. The summed E-state index contributed by atoms with van der Waals surface area (Å²) in [5.74, 6) is 0.460. The molecule has 1 aromatic rings. The molecule has 0 spiro atoms. The molecule has 0 saturated carbocycles. The fourth-order valence-corrected chi connectivity index (χ4v) is 2.10. The molecule has 16 heavy (non-hydrogen) atoms. The van der Waals surface area contributed by atoms with E-state index in [1.165, 1.54) is 12.1 Å². The van der Waals surface area contributed by atoms with E-state index in [9.17, 15) is 9.50 Å². The van der Waals surface area contributed by atoms with Gasteiger partial charge in [0.2, 0.25) is 0 Å². The minimum absolute atomic E-state index is 0.0700. The van der Waals surface area contributed by atoms with Crippen molar-refractivity contribution >= 4 is 0 Å². The van der Waals surface area contributed by atoms with Gasteiger partial charge in [-0.05, 0) is 30.0 Å². The van der Waals surface area contributed by atoms with E-state index < -0.39 is 0 Å². The zero-order chi connectivity index (χ0) is 12.0. The molecule has 1 atom stereocenters. The van der Waals surface area contributed by atoms with E-state index in [1.807, 2.05) is 6.07 Å². The summed E-state index contributed by atoms with van der Waals surface area (Å²) in [5.41, 5.74) is 0.911. The summed E-state index contributed by atoms with van der Waals surface area (Å²) in [6.07, 6.45) is 3.16. The molecular weight excluding hydrogens is 203 g/mol. The third kappa shape index (κ3) is 3.60. The van der Waals surface area contributed by atoms with Gasteiger partial charge in [-0.15, -0.1) is 0 Å². The lowest BCUT2D eigenvalue weighted by Gasteiger charge is -2.20. The zero-order valence-electron chi connectivity index (χ0n) is 10.1. The lowest BCUT2D eigenvalue weighted by molar-refractivity contribution is 0.240. The van der Waals surface area contributed by atoms with E-state index in [0.29, 0.717) is 5.92 Å². The highest BCUT2D eigenvalue weighted by Crippen LogP contribution is 2.27. The highest BCUT2D eigenvalue weighted by molar-refractivity contribution is 5.20. The molecule has 1 nitrogen and oxygen atoms in total. The van der Waals surface area contributed by atoms with E-state index in [2.05, 4.69) is 13.8 Å². The second kappa shape index (κ2) is 6.64. The predicted molar refractivity (Wildman–Crippen MR) is 64.9 cm³/mol. The van der Waals surface area contributed by atoms with Gasteiger partial charge in [0.05, 0.1) is 0 Å². The van der Waals surface area contributed by atoms with Crippen molar-refractivity contribution in [2.24, 2.45) is 5.92 Å². The monoisotopic (exact) mass is 224 g/mol. The highest BCUT2D eigenvalue weighted by atomic mass is 19.1. The lowest BCUT2D eigenvalue weighted by atomic mass is 9.87. The van der Waals surface area contributed by atoms with Crippen LogP contribution in [-0.2, 0) is 0 Å². The Morgan fingerprint density at radius 1 is 1.25 bits per heavy atom. The fraction of sp³-hybridized carbons (Fsp3) is 0.571. The van der Waals surface area contributed by atoms with Crippen LogP contribution in [0.2, 0.25) is 0 Å². The topological polar surface area (TPSA) is 20.2 Å². The first kappa shape index (κ1) is 13.2. The molecule has 0 aliphatic heterocycles. The van der Waals surface area contributed by atoms with Gasteiger partial charge in [-0.2, -0.15) is 0 Å². The fourth-order valence-electron chi connectivity index (χ4n) is 2.10. The smallest absolute Gasteiger partial charge is 0.123 e. The van der Waals surface area contributed by atoms with Crippen LogP contribution in [0.3, 0.4) is 0 Å². The van der Waals surface area contributed by atoms with Crippen molar-refractivity contribution in [2.45, 2.75) is 39.0 Å². The third-order valence-corrected chi connectivity index (χ3v) is 3.31. The van der Waals surface area contributed by atoms with Crippen LogP contribution < -0.4 is 0 Å². The molecule has 0 heterocycles. The zero-order valence-corrected chi connectivity index (χ0v) is 10.1. The normalized spacial score (nSPS) is 13.1. The molecule has 1 rings (SSSR count). The summed E-state index contributed by atoms with van der Waals surface area (Å²) in [6, 6.07) is 6.57. The van der Waals surface area contributed by atoms with Crippen LogP contribution in [0.15, 0.2) is 24.3 Å². The summed E-state index contributed by atoms with van der Waals surface area (Å²) in [6.45, 7) is 4.42. The number of aliphatic hydroxyl groups is 1. The van der Waals surface area contributed by atoms with Gasteiger partial charge < -0.3 is 5.11 Å². The second-order valence-corrected chi connectivity index (χ2v) is 4.35. The van der Waals surface area contributed by atoms with Crippen molar-refractivity contribution in [3.63, 3.8) is 0 Å². The number of hydrogen-bond acceptors (Lipinski definition) is 1. The second-order valence-electron chi connectivity index (χ2n) is 4.35. The van der Waals surface area contributed by atoms with Gasteiger partial charge in [-0.1, -0.05) is 38.8 Å². The molecule has 0 aliphatic carbocycles. The maximum absolute atomic E-state index is 13.1. The van der Waals surface area contributed by atoms with Crippen LogP contribution in [0.4, 0.5) is 4.39 Å². The van der Waals surface area contributed by atoms with Gasteiger partial charge in [0, 0.05) is 12.5 Å². The Bertz CT molecular complexity index is 307. The number of hydrogen-bond donors (Lipinski definition) is 1. The Morgan fingerprint density at radius 3 is 2.44 bits per heavy atom. The van der Waals surface area contributed by atoms with E-state index in [-0.39, 0.29) is 18.3 Å². The minimum atomic E-state index is -0.222. The quantitative estimate of drug-likeness (QED) is 0.780. The van der Waals surface area contributed by atoms with Crippen LogP contribution in [-0.4, -0.2) is 11.7 Å². The molecular formula is C14H21FO. The lowest BCUT2D eigenvalue weighted by Crippen LogP contribution is -2.10. The largest absolute Gasteiger partial charge is 0.396 e. The molecule has 0 radical (unpaired) electrons. The molecule has 1 N–H and O–H groups in total. The average Bonchev–Trinajstić information content (AvgIpc) is 2.31. The molecule has 0 amide bonds. The molecule has 2 heteroatoms. The standard InChI is InChI=1S/C14H21FO/c1-3-11(4-2)8-13(10-16)12-6-5-7-14(15)9-12/h5-7,9,11,13,16H,3-4,8,10H2,1-2H3. The predicted octanol–water partition coefficient (Wildman–Crippen LogP) is 3.73. The minimum Gasteiger partial charge on any atom is -0.396 e. The van der Waals surface area contributed by atoms with Crippen molar-refractivity contribution in [1.82, 2.24) is 0 Å². The Balaban J connectivity index is 2.74. The average molecular weight is 224 g/mol. The maximum atomic E-state index is 13.1. The summed E-state index contributed by atoms with van der Waals surface area (Å²) in [4.78, 5) is 0. The van der Waals surface area contributed by atoms with Crippen LogP contribution in [0.1, 0.15) is 44.6 Å². The van der Waals surface area contributed by atoms with Gasteiger partial charge in [0.15, 0.2) is 0 Å². The Labute approximate surface area is 97.3 Å². The van der Waals surface area contributed by atoms with Crippen molar-refractivity contribution in [2.75, 3.05) is 6.61 Å². The van der Waals surface area contributed by atoms with Crippen molar-refractivity contribution in [3.05, 3.63) is 35.6 Å². The number of halogens is 1. The van der Waals surface area contributed by atoms with Crippen LogP contribution in [0, 0.1) is 11.7 Å². The van der Waals surface area contributed by atoms with E-state index in [0.717, 1.165) is 24.8 Å². The Hall–Kier alpha value is -0.890. The van der Waals surface area contributed by atoms with E-state index >= 15 is 0 Å². The summed E-state index contributed by atoms with van der Waals surface area (Å²) >= 11 is 0. The SMILES string of the molecule is CCC(CC)CC(CO)c1cccc(F)c1. The first-order valence-corrected chi connectivity index (χ1v) is 6.07.